The highest BCUT2D eigenvalue weighted by atomic mass is 16.5. The molecule has 0 fully saturated rings. The number of allylic oxidation sites excluding steroid dienone is 2. The predicted octanol–water partition coefficient (Wildman–Crippen LogP) is 4.99. The number of carbonyl (C=O) groups excluding carboxylic acids is 2. The van der Waals surface area contributed by atoms with Crippen LogP contribution in [-0.4, -0.2) is 16.7 Å². The summed E-state index contributed by atoms with van der Waals surface area (Å²) in [6.07, 6.45) is 7.15. The van der Waals surface area contributed by atoms with Gasteiger partial charge in [0.1, 0.15) is 0 Å². The molecule has 4 heteroatoms. The molecule has 2 atom stereocenters. The zero-order chi connectivity index (χ0) is 18.6. The number of aromatic nitrogens is 1. The lowest BCUT2D eigenvalue weighted by molar-refractivity contribution is -0.148. The number of Topliss-reactive ketones (excluding diaryl/α,β-unsaturated/α-hetero) is 1. The number of carbonyl (C=O) groups is 2. The van der Waals surface area contributed by atoms with E-state index in [2.05, 4.69) is 17.1 Å². The number of rotatable bonds is 6. The molecular formula is C23H21NO3. The SMILES string of the molecule is O=C(C[C@H]1C=CCC1)O[C@@H](C(=O)c1c[nH]c2ccccc12)c1ccccc1. The Morgan fingerprint density at radius 3 is 2.63 bits per heavy atom. The molecular weight excluding hydrogens is 338 g/mol. The van der Waals surface area contributed by atoms with Crippen LogP contribution < -0.4 is 0 Å². The lowest BCUT2D eigenvalue weighted by Gasteiger charge is -2.18. The van der Waals surface area contributed by atoms with Gasteiger partial charge in [-0.3, -0.25) is 9.59 Å². The maximum absolute atomic E-state index is 13.3. The normalized spacial score (nSPS) is 17.1. The molecule has 4 nitrogen and oxygen atoms in total. The van der Waals surface area contributed by atoms with Gasteiger partial charge in [0, 0.05) is 28.2 Å². The average molecular weight is 359 g/mol. The monoisotopic (exact) mass is 359 g/mol. The first kappa shape index (κ1) is 17.3. The smallest absolute Gasteiger partial charge is 0.307 e. The molecule has 4 rings (SSSR count). The van der Waals surface area contributed by atoms with Gasteiger partial charge in [-0.1, -0.05) is 60.7 Å². The Kier molecular flexibility index (Phi) is 4.88. The van der Waals surface area contributed by atoms with Crippen LogP contribution in [0.2, 0.25) is 0 Å². The lowest BCUT2D eigenvalue weighted by atomic mass is 9.99. The van der Waals surface area contributed by atoms with Crippen molar-refractivity contribution in [3.8, 4) is 0 Å². The van der Waals surface area contributed by atoms with E-state index in [1.807, 2.05) is 54.6 Å². The molecule has 0 saturated carbocycles. The second-order valence-corrected chi connectivity index (χ2v) is 6.86. The van der Waals surface area contributed by atoms with Crippen LogP contribution in [0.4, 0.5) is 0 Å². The molecule has 3 aromatic rings. The Morgan fingerprint density at radius 2 is 1.85 bits per heavy atom. The topological polar surface area (TPSA) is 59.2 Å². The van der Waals surface area contributed by atoms with Gasteiger partial charge >= 0.3 is 5.97 Å². The largest absolute Gasteiger partial charge is 0.449 e. The van der Waals surface area contributed by atoms with Gasteiger partial charge in [0.25, 0.3) is 0 Å². The standard InChI is InChI=1S/C23H21NO3/c25-21(14-16-8-4-5-9-16)27-23(17-10-2-1-3-11-17)22(26)19-15-24-20-13-7-6-12-18(19)20/h1-4,6-8,10-13,15-16,23-24H,5,9,14H2/t16-,23+/m0/s1. The van der Waals surface area contributed by atoms with Gasteiger partial charge in [-0.2, -0.15) is 0 Å². The van der Waals surface area contributed by atoms with Crippen molar-refractivity contribution in [2.45, 2.75) is 25.4 Å². The van der Waals surface area contributed by atoms with E-state index in [1.165, 1.54) is 0 Å². The van der Waals surface area contributed by atoms with Crippen molar-refractivity contribution in [1.82, 2.24) is 4.98 Å². The Labute approximate surface area is 157 Å². The second-order valence-electron chi connectivity index (χ2n) is 6.86. The Balaban J connectivity index is 1.62. The molecule has 0 amide bonds. The van der Waals surface area contributed by atoms with Gasteiger partial charge in [0.05, 0.1) is 6.42 Å². The fourth-order valence-electron chi connectivity index (χ4n) is 3.58. The van der Waals surface area contributed by atoms with Gasteiger partial charge in [0.2, 0.25) is 5.78 Å². The van der Waals surface area contributed by atoms with Crippen molar-refractivity contribution in [2.75, 3.05) is 0 Å². The molecule has 2 aromatic carbocycles. The summed E-state index contributed by atoms with van der Waals surface area (Å²) >= 11 is 0. The highest BCUT2D eigenvalue weighted by molar-refractivity contribution is 6.10. The number of hydrogen-bond acceptors (Lipinski definition) is 3. The molecule has 0 saturated heterocycles. The highest BCUT2D eigenvalue weighted by Crippen LogP contribution is 2.29. The van der Waals surface area contributed by atoms with Crippen LogP contribution in [-0.2, 0) is 9.53 Å². The van der Waals surface area contributed by atoms with E-state index in [0.717, 1.165) is 23.7 Å². The molecule has 136 valence electrons. The molecule has 27 heavy (non-hydrogen) atoms. The number of fused-ring (bicyclic) bond motifs is 1. The summed E-state index contributed by atoms with van der Waals surface area (Å²) in [7, 11) is 0. The molecule has 1 aromatic heterocycles. The molecule has 0 spiro atoms. The van der Waals surface area contributed by atoms with E-state index < -0.39 is 6.10 Å². The quantitative estimate of drug-likeness (QED) is 0.383. The predicted molar refractivity (Wildman–Crippen MR) is 104 cm³/mol. The number of nitrogens with one attached hydrogen (secondary N) is 1. The molecule has 1 aliphatic carbocycles. The van der Waals surface area contributed by atoms with E-state index in [0.29, 0.717) is 17.5 Å². The minimum atomic E-state index is -0.941. The summed E-state index contributed by atoms with van der Waals surface area (Å²) in [5.41, 5.74) is 2.10. The van der Waals surface area contributed by atoms with Crippen molar-refractivity contribution in [2.24, 2.45) is 5.92 Å². The maximum Gasteiger partial charge on any atom is 0.307 e. The number of H-pyrrole nitrogens is 1. The van der Waals surface area contributed by atoms with Crippen LogP contribution in [0.25, 0.3) is 10.9 Å². The number of ether oxygens (including phenoxy) is 1. The van der Waals surface area contributed by atoms with Gasteiger partial charge in [-0.05, 0) is 24.8 Å². The Hall–Kier alpha value is -3.14. The second kappa shape index (κ2) is 7.62. The van der Waals surface area contributed by atoms with Gasteiger partial charge in [0.15, 0.2) is 6.10 Å². The fraction of sp³-hybridized carbons (Fsp3) is 0.217. The number of ketones is 1. The van der Waals surface area contributed by atoms with Gasteiger partial charge in [-0.15, -0.1) is 0 Å². The Bertz CT molecular complexity index is 987. The summed E-state index contributed by atoms with van der Waals surface area (Å²) in [5.74, 6) is -0.348. The third-order valence-corrected chi connectivity index (χ3v) is 4.99. The first-order valence-corrected chi connectivity index (χ1v) is 9.24. The third-order valence-electron chi connectivity index (χ3n) is 4.99. The molecule has 0 radical (unpaired) electrons. The molecule has 1 N–H and O–H groups in total. The zero-order valence-electron chi connectivity index (χ0n) is 14.9. The van der Waals surface area contributed by atoms with Crippen LogP contribution in [0.1, 0.15) is 41.3 Å². The van der Waals surface area contributed by atoms with E-state index in [4.69, 9.17) is 4.74 Å². The van der Waals surface area contributed by atoms with Crippen molar-refractivity contribution < 1.29 is 14.3 Å². The average Bonchev–Trinajstić information content (AvgIpc) is 3.36. The summed E-state index contributed by atoms with van der Waals surface area (Å²) in [4.78, 5) is 28.9. The minimum Gasteiger partial charge on any atom is -0.449 e. The van der Waals surface area contributed by atoms with E-state index >= 15 is 0 Å². The van der Waals surface area contributed by atoms with Crippen molar-refractivity contribution >= 4 is 22.7 Å². The zero-order valence-corrected chi connectivity index (χ0v) is 14.9. The van der Waals surface area contributed by atoms with E-state index in [-0.39, 0.29) is 17.7 Å². The number of esters is 1. The van der Waals surface area contributed by atoms with E-state index in [9.17, 15) is 9.59 Å². The fourth-order valence-corrected chi connectivity index (χ4v) is 3.58. The molecule has 1 heterocycles. The lowest BCUT2D eigenvalue weighted by Crippen LogP contribution is -2.21. The number of hydrogen-bond donors (Lipinski definition) is 1. The Morgan fingerprint density at radius 1 is 1.07 bits per heavy atom. The summed E-state index contributed by atoms with van der Waals surface area (Å²) < 4.78 is 5.70. The first-order chi connectivity index (χ1) is 13.2. The molecule has 1 aliphatic rings. The van der Waals surface area contributed by atoms with Crippen LogP contribution >= 0.6 is 0 Å². The number of para-hydroxylation sites is 1. The van der Waals surface area contributed by atoms with Crippen LogP contribution in [0.3, 0.4) is 0 Å². The summed E-state index contributed by atoms with van der Waals surface area (Å²) in [5, 5.41) is 0.832. The number of aromatic amines is 1. The van der Waals surface area contributed by atoms with Crippen molar-refractivity contribution in [3.05, 3.63) is 84.1 Å². The third kappa shape index (κ3) is 3.70. The first-order valence-electron chi connectivity index (χ1n) is 9.24. The minimum absolute atomic E-state index is 0.206. The van der Waals surface area contributed by atoms with Gasteiger partial charge in [-0.25, -0.2) is 0 Å². The molecule has 0 bridgehead atoms. The maximum atomic E-state index is 13.3. The number of benzene rings is 2. The van der Waals surface area contributed by atoms with Crippen molar-refractivity contribution in [3.63, 3.8) is 0 Å². The van der Waals surface area contributed by atoms with E-state index in [1.54, 1.807) is 6.20 Å². The van der Waals surface area contributed by atoms with Crippen LogP contribution in [0, 0.1) is 5.92 Å². The highest BCUT2D eigenvalue weighted by Gasteiger charge is 2.28. The molecule has 0 aliphatic heterocycles. The summed E-state index contributed by atoms with van der Waals surface area (Å²) in [6.45, 7) is 0. The van der Waals surface area contributed by atoms with Crippen molar-refractivity contribution in [1.29, 1.82) is 0 Å². The molecule has 0 unspecified atom stereocenters. The van der Waals surface area contributed by atoms with Crippen LogP contribution in [0.5, 0.6) is 0 Å². The van der Waals surface area contributed by atoms with Crippen LogP contribution in [0.15, 0.2) is 72.9 Å². The van der Waals surface area contributed by atoms with Gasteiger partial charge < -0.3 is 9.72 Å². The summed E-state index contributed by atoms with van der Waals surface area (Å²) in [6, 6.07) is 16.8.